The van der Waals surface area contributed by atoms with Gasteiger partial charge in [0.1, 0.15) is 9.86 Å². The molecule has 8 heteroatoms. The molecule has 0 amide bonds. The number of nitrogen functional groups attached to an aromatic ring is 1. The van der Waals surface area contributed by atoms with Crippen LogP contribution < -0.4 is 11.3 Å². The van der Waals surface area contributed by atoms with Gasteiger partial charge in [0.25, 0.3) is 0 Å². The molecule has 0 unspecified atom stereocenters. The molecule has 0 aliphatic rings. The molecule has 0 saturated heterocycles. The standard InChI is InChI=1S/C13H10N6S2/c14-19-12-17-10-7(5-6-20-10)11(18-12)21-13-15-8-3-1-2-4-9(8)16-13/h1-6H,14H2,(H,15,16)(H,17,18,19). The summed E-state index contributed by atoms with van der Waals surface area (Å²) in [7, 11) is 0. The first-order valence-corrected chi connectivity index (χ1v) is 7.87. The van der Waals surface area contributed by atoms with Gasteiger partial charge in [-0.2, -0.15) is 0 Å². The lowest BCUT2D eigenvalue weighted by atomic mass is 10.3. The number of H-pyrrole nitrogens is 1. The van der Waals surface area contributed by atoms with E-state index >= 15 is 0 Å². The number of anilines is 1. The summed E-state index contributed by atoms with van der Waals surface area (Å²) in [4.78, 5) is 17.5. The van der Waals surface area contributed by atoms with Crippen molar-refractivity contribution in [3.05, 3.63) is 35.7 Å². The van der Waals surface area contributed by atoms with Crippen LogP contribution in [0.25, 0.3) is 21.3 Å². The fraction of sp³-hybridized carbons (Fsp3) is 0. The Morgan fingerprint density at radius 2 is 2.05 bits per heavy atom. The van der Waals surface area contributed by atoms with Crippen LogP contribution in [0.4, 0.5) is 5.95 Å². The van der Waals surface area contributed by atoms with Gasteiger partial charge in [-0.3, -0.25) is 5.43 Å². The molecule has 0 atom stereocenters. The predicted octanol–water partition coefficient (Wildman–Crippen LogP) is 3.00. The Hall–Kier alpha value is -2.16. The Bertz CT molecular complexity index is 896. The molecule has 6 nitrogen and oxygen atoms in total. The SMILES string of the molecule is NNc1nc(Sc2nc3ccccc3[nH]2)c2ccsc2n1. The topological polar surface area (TPSA) is 92.5 Å². The summed E-state index contributed by atoms with van der Waals surface area (Å²) in [5.74, 6) is 5.84. The van der Waals surface area contributed by atoms with Gasteiger partial charge in [-0.15, -0.1) is 11.3 Å². The summed E-state index contributed by atoms with van der Waals surface area (Å²) in [6.07, 6.45) is 0. The number of nitrogens with zero attached hydrogens (tertiary/aromatic N) is 3. The lowest BCUT2D eigenvalue weighted by molar-refractivity contribution is 1.04. The average molecular weight is 314 g/mol. The zero-order valence-electron chi connectivity index (χ0n) is 10.7. The van der Waals surface area contributed by atoms with Gasteiger partial charge in [0.15, 0.2) is 5.16 Å². The van der Waals surface area contributed by atoms with Crippen molar-refractivity contribution in [3.8, 4) is 0 Å². The lowest BCUT2D eigenvalue weighted by Gasteiger charge is -2.03. The number of hydrazine groups is 1. The molecule has 3 heterocycles. The highest BCUT2D eigenvalue weighted by Gasteiger charge is 2.12. The van der Waals surface area contributed by atoms with Crippen LogP contribution >= 0.6 is 23.1 Å². The van der Waals surface area contributed by atoms with E-state index in [1.165, 1.54) is 11.8 Å². The molecule has 0 aliphatic carbocycles. The zero-order valence-corrected chi connectivity index (χ0v) is 12.3. The van der Waals surface area contributed by atoms with Gasteiger partial charge < -0.3 is 4.98 Å². The van der Waals surface area contributed by atoms with Crippen molar-refractivity contribution in [3.63, 3.8) is 0 Å². The van der Waals surface area contributed by atoms with Gasteiger partial charge in [0.05, 0.1) is 11.0 Å². The smallest absolute Gasteiger partial charge is 0.239 e. The number of thiophene rings is 1. The van der Waals surface area contributed by atoms with Crippen molar-refractivity contribution in [1.82, 2.24) is 19.9 Å². The zero-order chi connectivity index (χ0) is 14.2. The van der Waals surface area contributed by atoms with Crippen LogP contribution in [0.5, 0.6) is 0 Å². The van der Waals surface area contributed by atoms with Crippen LogP contribution in [-0.2, 0) is 0 Å². The minimum Gasteiger partial charge on any atom is -0.333 e. The maximum atomic E-state index is 5.43. The van der Waals surface area contributed by atoms with E-state index in [0.29, 0.717) is 5.95 Å². The van der Waals surface area contributed by atoms with Gasteiger partial charge >= 0.3 is 0 Å². The van der Waals surface area contributed by atoms with Crippen LogP contribution in [0.15, 0.2) is 45.9 Å². The van der Waals surface area contributed by atoms with Crippen molar-refractivity contribution in [2.24, 2.45) is 5.84 Å². The molecule has 0 spiro atoms. The second kappa shape index (κ2) is 4.99. The maximum Gasteiger partial charge on any atom is 0.239 e. The number of rotatable bonds is 3. The van der Waals surface area contributed by atoms with Gasteiger partial charge in [0, 0.05) is 5.39 Å². The van der Waals surface area contributed by atoms with E-state index in [1.807, 2.05) is 35.7 Å². The highest BCUT2D eigenvalue weighted by atomic mass is 32.2. The number of fused-ring (bicyclic) bond motifs is 2. The highest BCUT2D eigenvalue weighted by Crippen LogP contribution is 2.33. The predicted molar refractivity (Wildman–Crippen MR) is 85.4 cm³/mol. The van der Waals surface area contributed by atoms with Crippen molar-refractivity contribution in [2.75, 3.05) is 5.43 Å². The molecule has 0 aliphatic heterocycles. The summed E-state index contributed by atoms with van der Waals surface area (Å²) in [6.45, 7) is 0. The number of aromatic amines is 1. The molecule has 104 valence electrons. The second-order valence-electron chi connectivity index (χ2n) is 4.30. The molecule has 0 fully saturated rings. The van der Waals surface area contributed by atoms with Gasteiger partial charge in [-0.25, -0.2) is 20.8 Å². The van der Waals surface area contributed by atoms with E-state index in [9.17, 15) is 0 Å². The van der Waals surface area contributed by atoms with Crippen LogP contribution in [0.1, 0.15) is 0 Å². The van der Waals surface area contributed by atoms with Crippen LogP contribution in [-0.4, -0.2) is 19.9 Å². The third-order valence-electron chi connectivity index (χ3n) is 2.98. The van der Waals surface area contributed by atoms with E-state index in [0.717, 1.165) is 31.4 Å². The molecule has 4 aromatic rings. The molecule has 21 heavy (non-hydrogen) atoms. The molecule has 3 aromatic heterocycles. The van der Waals surface area contributed by atoms with Crippen molar-refractivity contribution in [1.29, 1.82) is 0 Å². The number of para-hydroxylation sites is 2. The Labute approximate surface area is 127 Å². The van der Waals surface area contributed by atoms with Crippen LogP contribution in [0, 0.1) is 0 Å². The Morgan fingerprint density at radius 3 is 2.90 bits per heavy atom. The summed E-state index contributed by atoms with van der Waals surface area (Å²) in [6, 6.07) is 9.93. The summed E-state index contributed by atoms with van der Waals surface area (Å²) in [5.41, 5.74) is 4.45. The number of imidazole rings is 1. The first-order valence-electron chi connectivity index (χ1n) is 6.18. The minimum absolute atomic E-state index is 0.406. The summed E-state index contributed by atoms with van der Waals surface area (Å²) in [5, 5.41) is 4.62. The number of aromatic nitrogens is 4. The van der Waals surface area contributed by atoms with E-state index in [-0.39, 0.29) is 0 Å². The molecule has 4 rings (SSSR count). The largest absolute Gasteiger partial charge is 0.333 e. The monoisotopic (exact) mass is 314 g/mol. The lowest BCUT2D eigenvalue weighted by Crippen LogP contribution is -2.10. The third kappa shape index (κ3) is 2.23. The maximum absolute atomic E-state index is 5.43. The molecule has 0 saturated carbocycles. The normalized spacial score (nSPS) is 11.3. The number of hydrogen-bond donors (Lipinski definition) is 3. The summed E-state index contributed by atoms with van der Waals surface area (Å²) < 4.78 is 0. The molecule has 1 aromatic carbocycles. The van der Waals surface area contributed by atoms with E-state index < -0.39 is 0 Å². The average Bonchev–Trinajstić information content (AvgIpc) is 3.12. The first kappa shape index (κ1) is 12.6. The molecular formula is C13H10N6S2. The molecule has 4 N–H and O–H groups in total. The number of nitrogens with two attached hydrogens (primary N) is 1. The molecular weight excluding hydrogens is 304 g/mol. The molecule has 0 bridgehead atoms. The molecule has 0 radical (unpaired) electrons. The van der Waals surface area contributed by atoms with Crippen LogP contribution in [0.3, 0.4) is 0 Å². The first-order chi connectivity index (χ1) is 10.3. The van der Waals surface area contributed by atoms with Gasteiger partial charge in [0.2, 0.25) is 5.95 Å². The van der Waals surface area contributed by atoms with E-state index in [2.05, 4.69) is 25.4 Å². The Morgan fingerprint density at radius 1 is 1.14 bits per heavy atom. The fourth-order valence-electron chi connectivity index (χ4n) is 2.04. The highest BCUT2D eigenvalue weighted by molar-refractivity contribution is 7.99. The van der Waals surface area contributed by atoms with Crippen molar-refractivity contribution >= 4 is 50.3 Å². The van der Waals surface area contributed by atoms with Crippen LogP contribution in [0.2, 0.25) is 0 Å². The quantitative estimate of drug-likeness (QED) is 0.306. The summed E-state index contributed by atoms with van der Waals surface area (Å²) >= 11 is 3.03. The minimum atomic E-state index is 0.406. The second-order valence-corrected chi connectivity index (χ2v) is 6.17. The number of nitrogens with one attached hydrogen (secondary N) is 2. The van der Waals surface area contributed by atoms with Gasteiger partial charge in [-0.1, -0.05) is 12.1 Å². The Kier molecular flexibility index (Phi) is 2.99. The van der Waals surface area contributed by atoms with Crippen molar-refractivity contribution < 1.29 is 0 Å². The number of hydrogen-bond acceptors (Lipinski definition) is 7. The van der Waals surface area contributed by atoms with Crippen molar-refractivity contribution in [2.45, 2.75) is 10.2 Å². The number of benzene rings is 1. The fourth-order valence-corrected chi connectivity index (χ4v) is 3.76. The van der Waals surface area contributed by atoms with Gasteiger partial charge in [-0.05, 0) is 35.3 Å². The Balaban J connectivity index is 1.80. The van der Waals surface area contributed by atoms with E-state index in [4.69, 9.17) is 5.84 Å². The third-order valence-corrected chi connectivity index (χ3v) is 4.68. The van der Waals surface area contributed by atoms with E-state index in [1.54, 1.807) is 11.3 Å².